The lowest BCUT2D eigenvalue weighted by molar-refractivity contribution is 0.0562. The first-order valence-electron chi connectivity index (χ1n) is 13.0. The molecule has 1 aliphatic carbocycles. The van der Waals surface area contributed by atoms with Gasteiger partial charge in [-0.05, 0) is 86.8 Å². The number of aromatic nitrogens is 3. The van der Waals surface area contributed by atoms with E-state index in [2.05, 4.69) is 45.5 Å². The van der Waals surface area contributed by atoms with Crippen molar-refractivity contribution >= 4 is 27.1 Å². The normalized spacial score (nSPS) is 19.4. The summed E-state index contributed by atoms with van der Waals surface area (Å²) in [5.74, 6) is 0.712. The first-order chi connectivity index (χ1) is 17.8. The van der Waals surface area contributed by atoms with E-state index >= 15 is 0 Å². The van der Waals surface area contributed by atoms with Gasteiger partial charge >= 0.3 is 0 Å². The highest BCUT2D eigenvalue weighted by molar-refractivity contribution is 6.11. The standard InChI is InChI=1S/C29H33N5O2Si/c1-18-6-7-21(36-28(37)26-8-12-33(26)2)15-23(18)27(35)32-29(9-10-29)24-13-19(20-16-31-34(3)17-20)14-25-22(24)5-4-11-30-25/h4-7,11,13-17,26,28H,8-10,12H2,1-3,37H3,(H,32,35)/t26-,28?/m0/s1. The van der Waals surface area contributed by atoms with Crippen LogP contribution in [0.2, 0.25) is 0 Å². The minimum Gasteiger partial charge on any atom is -0.494 e. The molecule has 37 heavy (non-hydrogen) atoms. The molecular weight excluding hydrogens is 478 g/mol. The van der Waals surface area contributed by atoms with Crippen molar-refractivity contribution in [2.24, 2.45) is 7.05 Å². The number of amides is 1. The third kappa shape index (κ3) is 4.44. The molecule has 0 bridgehead atoms. The van der Waals surface area contributed by atoms with Crippen LogP contribution in [-0.4, -0.2) is 61.2 Å². The second kappa shape index (κ2) is 9.11. The average Bonchev–Trinajstić information content (AvgIpc) is 3.52. The zero-order valence-electron chi connectivity index (χ0n) is 21.9. The van der Waals surface area contributed by atoms with Crippen LogP contribution in [0.4, 0.5) is 0 Å². The Hall–Kier alpha value is -3.49. The fourth-order valence-corrected chi connectivity index (χ4v) is 6.64. The summed E-state index contributed by atoms with van der Waals surface area (Å²) in [7, 11) is 5.00. The van der Waals surface area contributed by atoms with E-state index in [9.17, 15) is 4.79 Å². The topological polar surface area (TPSA) is 72.3 Å². The van der Waals surface area contributed by atoms with Gasteiger partial charge in [0.2, 0.25) is 0 Å². The molecule has 2 aliphatic rings. The molecule has 2 fully saturated rings. The van der Waals surface area contributed by atoms with Crippen LogP contribution < -0.4 is 10.1 Å². The third-order valence-corrected chi connectivity index (χ3v) is 9.04. The van der Waals surface area contributed by atoms with Crippen LogP contribution in [0.5, 0.6) is 5.75 Å². The number of carbonyl (C=O) groups is 1. The number of hydrogen-bond donors (Lipinski definition) is 1. The minimum absolute atomic E-state index is 0.0602. The quantitative estimate of drug-likeness (QED) is 0.386. The Kier molecular flexibility index (Phi) is 5.88. The number of ether oxygens (including phenoxy) is 1. The highest BCUT2D eigenvalue weighted by Gasteiger charge is 2.47. The molecular formula is C29H33N5O2Si. The number of fused-ring (bicyclic) bond motifs is 1. The third-order valence-electron chi connectivity index (χ3n) is 8.04. The van der Waals surface area contributed by atoms with E-state index in [0.717, 1.165) is 68.5 Å². The van der Waals surface area contributed by atoms with E-state index in [1.54, 1.807) is 4.68 Å². The van der Waals surface area contributed by atoms with Gasteiger partial charge in [-0.15, -0.1) is 0 Å². The lowest BCUT2D eigenvalue weighted by Gasteiger charge is -2.41. The van der Waals surface area contributed by atoms with Gasteiger partial charge in [-0.2, -0.15) is 5.10 Å². The van der Waals surface area contributed by atoms with Gasteiger partial charge in [0.25, 0.3) is 5.91 Å². The maximum Gasteiger partial charge on any atom is 0.252 e. The predicted octanol–water partition coefficient (Wildman–Crippen LogP) is 3.14. The van der Waals surface area contributed by atoms with Crippen LogP contribution in [0, 0.1) is 6.92 Å². The number of hydrogen-bond acceptors (Lipinski definition) is 5. The van der Waals surface area contributed by atoms with Gasteiger partial charge in [-0.3, -0.25) is 14.5 Å². The van der Waals surface area contributed by atoms with Crippen LogP contribution in [0.25, 0.3) is 22.0 Å². The monoisotopic (exact) mass is 511 g/mol. The molecule has 3 heterocycles. The Morgan fingerprint density at radius 3 is 2.70 bits per heavy atom. The molecule has 0 spiro atoms. The van der Waals surface area contributed by atoms with Gasteiger partial charge in [0, 0.05) is 42.0 Å². The highest BCUT2D eigenvalue weighted by Crippen LogP contribution is 2.49. The second-order valence-corrected chi connectivity index (χ2v) is 11.8. The van der Waals surface area contributed by atoms with Crippen molar-refractivity contribution in [3.05, 3.63) is 77.7 Å². The van der Waals surface area contributed by atoms with Crippen LogP contribution in [0.15, 0.2) is 61.1 Å². The SMILES string of the molecule is Cc1ccc(OC([SiH3])[C@@H]2CCN2C)cc1C(=O)NC1(c2cc(-c3cnn(C)c3)cc3ncccc23)CC1. The van der Waals surface area contributed by atoms with E-state index in [1.165, 1.54) is 6.42 Å². The van der Waals surface area contributed by atoms with Crippen LogP contribution >= 0.6 is 0 Å². The molecule has 1 aliphatic heterocycles. The molecule has 4 aromatic rings. The number of carbonyl (C=O) groups excluding carboxylic acids is 1. The van der Waals surface area contributed by atoms with Gasteiger partial charge in [-0.1, -0.05) is 12.1 Å². The van der Waals surface area contributed by atoms with Crippen molar-refractivity contribution in [3.8, 4) is 16.9 Å². The molecule has 6 rings (SSSR count). The number of pyridine rings is 1. The Labute approximate surface area is 220 Å². The van der Waals surface area contributed by atoms with Crippen molar-refractivity contribution in [1.29, 1.82) is 0 Å². The summed E-state index contributed by atoms with van der Waals surface area (Å²) < 4.78 is 8.12. The lowest BCUT2D eigenvalue weighted by Crippen LogP contribution is -2.53. The van der Waals surface area contributed by atoms with E-state index in [1.807, 2.05) is 56.8 Å². The summed E-state index contributed by atoms with van der Waals surface area (Å²) in [5.41, 5.74) is 5.55. The molecule has 8 heteroatoms. The number of rotatable bonds is 7. The van der Waals surface area contributed by atoms with Crippen molar-refractivity contribution in [2.45, 2.75) is 43.5 Å². The summed E-state index contributed by atoms with van der Waals surface area (Å²) in [6.07, 6.45) is 8.65. The van der Waals surface area contributed by atoms with E-state index in [-0.39, 0.29) is 11.6 Å². The van der Waals surface area contributed by atoms with Crippen molar-refractivity contribution in [1.82, 2.24) is 25.0 Å². The first-order valence-corrected chi connectivity index (χ1v) is 14.2. The molecule has 2 atom stereocenters. The molecule has 1 N–H and O–H groups in total. The lowest BCUT2D eigenvalue weighted by atomic mass is 9.94. The summed E-state index contributed by atoms with van der Waals surface area (Å²) >= 11 is 0. The largest absolute Gasteiger partial charge is 0.494 e. The second-order valence-electron chi connectivity index (χ2n) is 10.7. The van der Waals surface area contributed by atoms with Crippen molar-refractivity contribution in [3.63, 3.8) is 0 Å². The summed E-state index contributed by atoms with van der Waals surface area (Å²) in [6, 6.07) is 14.7. The predicted molar refractivity (Wildman–Crippen MR) is 149 cm³/mol. The number of likely N-dealkylation sites (tertiary alicyclic amines) is 1. The fourth-order valence-electron chi connectivity index (χ4n) is 5.53. The Bertz CT molecular complexity index is 1490. The molecule has 1 saturated carbocycles. The van der Waals surface area contributed by atoms with Gasteiger partial charge in [0.05, 0.1) is 33.2 Å². The molecule has 1 saturated heterocycles. The average molecular weight is 512 g/mol. The minimum atomic E-state index is -0.408. The smallest absolute Gasteiger partial charge is 0.252 e. The van der Waals surface area contributed by atoms with Crippen LogP contribution in [-0.2, 0) is 12.6 Å². The first kappa shape index (κ1) is 23.9. The number of benzene rings is 2. The van der Waals surface area contributed by atoms with E-state index in [4.69, 9.17) is 4.74 Å². The number of nitrogens with zero attached hydrogens (tertiary/aromatic N) is 4. The molecule has 190 valence electrons. The fraction of sp³-hybridized carbons (Fsp3) is 0.345. The van der Waals surface area contributed by atoms with Gasteiger partial charge < -0.3 is 15.0 Å². The molecule has 2 aromatic carbocycles. The number of nitrogens with one attached hydrogen (secondary N) is 1. The Morgan fingerprint density at radius 2 is 2.03 bits per heavy atom. The van der Waals surface area contributed by atoms with Crippen LogP contribution in [0.1, 0.15) is 40.7 Å². The van der Waals surface area contributed by atoms with E-state index in [0.29, 0.717) is 11.6 Å². The zero-order chi connectivity index (χ0) is 25.7. The maximum atomic E-state index is 13.7. The Morgan fingerprint density at radius 1 is 1.19 bits per heavy atom. The summed E-state index contributed by atoms with van der Waals surface area (Å²) in [5, 5.41) is 8.83. The molecule has 0 radical (unpaired) electrons. The molecule has 7 nitrogen and oxygen atoms in total. The van der Waals surface area contributed by atoms with Gasteiger partial charge in [0.15, 0.2) is 0 Å². The Balaban J connectivity index is 1.30. The number of aryl methyl sites for hydroxylation is 2. The molecule has 1 unspecified atom stereocenters. The number of likely N-dealkylation sites (N-methyl/N-ethyl adjacent to an activating group) is 1. The van der Waals surface area contributed by atoms with Crippen LogP contribution in [0.3, 0.4) is 0 Å². The van der Waals surface area contributed by atoms with Gasteiger partial charge in [0.1, 0.15) is 5.75 Å². The van der Waals surface area contributed by atoms with Crippen molar-refractivity contribution < 1.29 is 9.53 Å². The van der Waals surface area contributed by atoms with Crippen molar-refractivity contribution in [2.75, 3.05) is 13.6 Å². The van der Waals surface area contributed by atoms with Gasteiger partial charge in [-0.25, -0.2) is 0 Å². The summed E-state index contributed by atoms with van der Waals surface area (Å²) in [4.78, 5) is 20.7. The summed E-state index contributed by atoms with van der Waals surface area (Å²) in [6.45, 7) is 3.11. The highest BCUT2D eigenvalue weighted by atomic mass is 28.1. The molecule has 1 amide bonds. The maximum absolute atomic E-state index is 13.7. The zero-order valence-corrected chi connectivity index (χ0v) is 23.9. The molecule has 2 aromatic heterocycles. The van der Waals surface area contributed by atoms with E-state index < -0.39 is 5.54 Å².